The van der Waals surface area contributed by atoms with Crippen molar-refractivity contribution in [1.29, 1.82) is 0 Å². The fraction of sp³-hybridized carbons (Fsp3) is 0.429. The quantitative estimate of drug-likeness (QED) is 0.509. The molecule has 0 aliphatic carbocycles. The van der Waals surface area contributed by atoms with Crippen LogP contribution in [0, 0.1) is 5.92 Å². The summed E-state index contributed by atoms with van der Waals surface area (Å²) in [6, 6.07) is 5.06. The fourth-order valence-electron chi connectivity index (χ4n) is 2.48. The number of carbonyl (C=O) groups is 1. The average Bonchev–Trinajstić information content (AvgIpc) is 2.46. The molecule has 10 heteroatoms. The zero-order valence-corrected chi connectivity index (χ0v) is 14.8. The molecule has 1 saturated heterocycles. The van der Waals surface area contributed by atoms with E-state index < -0.39 is 34.9 Å². The molecule has 0 amide bonds. The third-order valence-corrected chi connectivity index (χ3v) is 4.32. The Morgan fingerprint density at radius 1 is 1.42 bits per heavy atom. The van der Waals surface area contributed by atoms with Gasteiger partial charge in [-0.15, -0.1) is 0 Å². The number of aliphatic hydroxyl groups is 1. The molecule has 1 aliphatic heterocycles. The lowest BCUT2D eigenvalue weighted by molar-refractivity contribution is -0.292. The molecule has 0 unspecified atom stereocenters. The summed E-state index contributed by atoms with van der Waals surface area (Å²) in [6.07, 6.45) is -5.15. The summed E-state index contributed by atoms with van der Waals surface area (Å²) in [4.78, 5) is 12.2. The highest BCUT2D eigenvalue weighted by Gasteiger charge is 2.66. The number of rotatable bonds is 3. The molecular weight excluding hydrogens is 413 g/mol. The molecule has 1 aromatic carbocycles. The van der Waals surface area contributed by atoms with Gasteiger partial charge in [-0.05, 0) is 36.8 Å². The van der Waals surface area contributed by atoms with Crippen LogP contribution in [-0.4, -0.2) is 34.7 Å². The minimum Gasteiger partial charge on any atom is -0.466 e. The van der Waals surface area contributed by atoms with E-state index in [2.05, 4.69) is 21.2 Å². The minimum atomic E-state index is -5.15. The van der Waals surface area contributed by atoms with E-state index in [1.807, 2.05) is 0 Å². The number of alkyl halides is 3. The topological polar surface area (TPSA) is 70.6 Å². The van der Waals surface area contributed by atoms with E-state index in [9.17, 15) is 23.1 Å². The lowest BCUT2D eigenvalue weighted by Gasteiger charge is -2.45. The second-order valence-electron chi connectivity index (χ2n) is 5.12. The highest BCUT2D eigenvalue weighted by molar-refractivity contribution is 9.10. The van der Waals surface area contributed by atoms with E-state index in [4.69, 9.17) is 17.0 Å². The number of halogens is 4. The molecule has 1 aromatic rings. The van der Waals surface area contributed by atoms with Crippen LogP contribution in [0.4, 0.5) is 13.2 Å². The second kappa shape index (κ2) is 6.85. The maximum atomic E-state index is 13.5. The molecule has 1 heterocycles. The van der Waals surface area contributed by atoms with Crippen molar-refractivity contribution in [2.45, 2.75) is 24.9 Å². The van der Waals surface area contributed by atoms with Gasteiger partial charge in [0.15, 0.2) is 5.11 Å². The van der Waals surface area contributed by atoms with Gasteiger partial charge in [0.25, 0.3) is 5.72 Å². The first kappa shape index (κ1) is 18.9. The molecule has 3 N–H and O–H groups in total. The Labute approximate surface area is 149 Å². The number of hydrogen-bond donors (Lipinski definition) is 3. The van der Waals surface area contributed by atoms with Crippen LogP contribution in [0.2, 0.25) is 0 Å². The minimum absolute atomic E-state index is 0.124. The Bertz CT molecular complexity index is 641. The summed E-state index contributed by atoms with van der Waals surface area (Å²) >= 11 is 8.01. The normalized spacial score (nSPS) is 27.2. The van der Waals surface area contributed by atoms with E-state index in [0.29, 0.717) is 10.0 Å². The number of esters is 1. The van der Waals surface area contributed by atoms with Crippen LogP contribution in [0.25, 0.3) is 0 Å². The average molecular weight is 427 g/mol. The van der Waals surface area contributed by atoms with Crippen molar-refractivity contribution in [2.24, 2.45) is 5.92 Å². The zero-order valence-electron chi connectivity index (χ0n) is 12.4. The summed E-state index contributed by atoms with van der Waals surface area (Å²) in [6.45, 7) is 1.34. The van der Waals surface area contributed by atoms with Crippen LogP contribution >= 0.6 is 28.1 Å². The smallest absolute Gasteiger partial charge is 0.437 e. The Morgan fingerprint density at radius 2 is 2.00 bits per heavy atom. The summed E-state index contributed by atoms with van der Waals surface area (Å²) in [5.74, 6) is -3.17. The maximum absolute atomic E-state index is 13.5. The number of carbonyl (C=O) groups excluding carboxylic acids is 1. The Kier molecular flexibility index (Phi) is 5.41. The van der Waals surface area contributed by atoms with Gasteiger partial charge >= 0.3 is 12.1 Å². The molecule has 132 valence electrons. The van der Waals surface area contributed by atoms with Crippen molar-refractivity contribution >= 4 is 39.2 Å². The van der Waals surface area contributed by atoms with Crippen LogP contribution in [0.3, 0.4) is 0 Å². The number of thiocarbonyl (C=S) groups is 1. The van der Waals surface area contributed by atoms with Crippen LogP contribution < -0.4 is 10.6 Å². The highest BCUT2D eigenvalue weighted by atomic mass is 79.9. The molecule has 0 saturated carbocycles. The van der Waals surface area contributed by atoms with Gasteiger partial charge in [0, 0.05) is 4.47 Å². The molecule has 0 aromatic heterocycles. The molecule has 24 heavy (non-hydrogen) atoms. The summed E-state index contributed by atoms with van der Waals surface area (Å²) in [5.41, 5.74) is -3.19. The number of ether oxygens (including phenoxy) is 1. The maximum Gasteiger partial charge on any atom is 0.437 e. The largest absolute Gasteiger partial charge is 0.466 e. The molecule has 1 fully saturated rings. The van der Waals surface area contributed by atoms with E-state index in [1.165, 1.54) is 19.1 Å². The fourth-order valence-corrected chi connectivity index (χ4v) is 3.03. The van der Waals surface area contributed by atoms with Gasteiger partial charge in [-0.3, -0.25) is 4.79 Å². The second-order valence-corrected chi connectivity index (χ2v) is 6.45. The SMILES string of the molecule is CCOC(=O)[C@@H]1[C@H](c2ccc(Br)cc2)NC(=S)N[C@@]1(O)C(F)(F)F. The highest BCUT2D eigenvalue weighted by Crippen LogP contribution is 2.43. The predicted octanol–water partition coefficient (Wildman–Crippen LogP) is 2.40. The first-order chi connectivity index (χ1) is 11.1. The van der Waals surface area contributed by atoms with Crippen molar-refractivity contribution in [3.05, 3.63) is 34.3 Å². The van der Waals surface area contributed by atoms with Crippen LogP contribution in [0.5, 0.6) is 0 Å². The van der Waals surface area contributed by atoms with E-state index in [-0.39, 0.29) is 6.61 Å². The molecule has 3 atom stereocenters. The van der Waals surface area contributed by atoms with Crippen LogP contribution in [-0.2, 0) is 9.53 Å². The first-order valence-electron chi connectivity index (χ1n) is 6.90. The molecular formula is C14H14BrF3N2O3S. The monoisotopic (exact) mass is 426 g/mol. The molecule has 0 radical (unpaired) electrons. The number of nitrogens with one attached hydrogen (secondary N) is 2. The van der Waals surface area contributed by atoms with E-state index in [0.717, 1.165) is 0 Å². The zero-order chi connectivity index (χ0) is 18.1. The molecule has 5 nitrogen and oxygen atoms in total. The third kappa shape index (κ3) is 3.50. The third-order valence-electron chi connectivity index (χ3n) is 3.58. The lowest BCUT2D eigenvalue weighted by atomic mass is 9.82. The van der Waals surface area contributed by atoms with Gasteiger partial charge in [0.2, 0.25) is 0 Å². The van der Waals surface area contributed by atoms with Crippen LogP contribution in [0.1, 0.15) is 18.5 Å². The van der Waals surface area contributed by atoms with E-state index in [1.54, 1.807) is 17.4 Å². The van der Waals surface area contributed by atoms with Gasteiger partial charge in [0.05, 0.1) is 12.6 Å². The van der Waals surface area contributed by atoms with Gasteiger partial charge in [-0.1, -0.05) is 28.1 Å². The van der Waals surface area contributed by atoms with E-state index >= 15 is 0 Å². The summed E-state index contributed by atoms with van der Waals surface area (Å²) < 4.78 is 45.9. The Morgan fingerprint density at radius 3 is 2.50 bits per heavy atom. The van der Waals surface area contributed by atoms with Gasteiger partial charge < -0.3 is 20.5 Å². The lowest BCUT2D eigenvalue weighted by Crippen LogP contribution is -2.73. The molecule has 0 bridgehead atoms. The molecule has 2 rings (SSSR count). The predicted molar refractivity (Wildman–Crippen MR) is 86.9 cm³/mol. The standard InChI is InChI=1S/C14H14BrF3N2O3S/c1-2-23-11(21)9-10(7-3-5-8(15)6-4-7)19-12(24)20-13(9,22)14(16,17)18/h3-6,9-10,22H,2H2,1H3,(H2,19,20,24)/t9-,10-,13-/m0/s1. The van der Waals surface area contributed by atoms with Gasteiger partial charge in [0.1, 0.15) is 5.92 Å². The van der Waals surface area contributed by atoms with Crippen LogP contribution in [0.15, 0.2) is 28.7 Å². The Balaban J connectivity index is 2.55. The number of hydrogen-bond acceptors (Lipinski definition) is 4. The van der Waals surface area contributed by atoms with Crippen molar-refractivity contribution in [3.63, 3.8) is 0 Å². The van der Waals surface area contributed by atoms with Crippen molar-refractivity contribution in [1.82, 2.24) is 10.6 Å². The summed E-state index contributed by atoms with van der Waals surface area (Å²) in [5, 5.41) is 14.2. The number of benzene rings is 1. The summed E-state index contributed by atoms with van der Waals surface area (Å²) in [7, 11) is 0. The van der Waals surface area contributed by atoms with Crippen molar-refractivity contribution < 1.29 is 27.8 Å². The first-order valence-corrected chi connectivity index (χ1v) is 8.10. The molecule has 0 spiro atoms. The molecule has 1 aliphatic rings. The van der Waals surface area contributed by atoms with Gasteiger partial charge in [-0.25, -0.2) is 0 Å². The van der Waals surface area contributed by atoms with Gasteiger partial charge in [-0.2, -0.15) is 13.2 Å². The van der Waals surface area contributed by atoms with Crippen molar-refractivity contribution in [3.8, 4) is 0 Å². The van der Waals surface area contributed by atoms with Crippen molar-refractivity contribution in [2.75, 3.05) is 6.61 Å². The Hall–Kier alpha value is -1.39.